The maximum atomic E-state index is 12.6. The van der Waals surface area contributed by atoms with Gasteiger partial charge in [0.2, 0.25) is 0 Å². The Balaban J connectivity index is 1.86. The van der Waals surface area contributed by atoms with Gasteiger partial charge >= 0.3 is 0 Å². The third-order valence-corrected chi connectivity index (χ3v) is 3.92. The molecule has 0 saturated heterocycles. The van der Waals surface area contributed by atoms with Crippen molar-refractivity contribution in [2.45, 2.75) is 19.4 Å². The number of hydrogen-bond donors (Lipinski definition) is 2. The van der Waals surface area contributed by atoms with Crippen LogP contribution in [0.4, 0.5) is 5.69 Å². The highest BCUT2D eigenvalue weighted by Crippen LogP contribution is 2.24. The summed E-state index contributed by atoms with van der Waals surface area (Å²) in [6.45, 7) is 1.33. The first-order valence-corrected chi connectivity index (χ1v) is 7.09. The van der Waals surface area contributed by atoms with Gasteiger partial charge < -0.3 is 15.7 Å². The molecule has 2 aromatic rings. The van der Waals surface area contributed by atoms with E-state index in [1.165, 1.54) is 17.2 Å². The van der Waals surface area contributed by atoms with Gasteiger partial charge in [-0.25, -0.2) is 0 Å². The molecule has 4 heteroatoms. The van der Waals surface area contributed by atoms with Crippen molar-refractivity contribution in [3.63, 3.8) is 0 Å². The van der Waals surface area contributed by atoms with Gasteiger partial charge in [-0.1, -0.05) is 24.3 Å². The fourth-order valence-corrected chi connectivity index (χ4v) is 2.73. The molecule has 2 aromatic carbocycles. The van der Waals surface area contributed by atoms with E-state index in [4.69, 9.17) is 5.73 Å². The monoisotopic (exact) mass is 282 g/mol. The summed E-state index contributed by atoms with van der Waals surface area (Å²) in [7, 11) is 0. The largest absolute Gasteiger partial charge is 0.506 e. The van der Waals surface area contributed by atoms with Crippen molar-refractivity contribution in [1.29, 1.82) is 0 Å². The number of hydrogen-bond acceptors (Lipinski definition) is 3. The second kappa shape index (κ2) is 5.48. The minimum atomic E-state index is -0.0676. The van der Waals surface area contributed by atoms with Crippen LogP contribution in [0.25, 0.3) is 0 Å². The summed E-state index contributed by atoms with van der Waals surface area (Å²) in [4.78, 5) is 14.4. The van der Waals surface area contributed by atoms with Crippen molar-refractivity contribution in [1.82, 2.24) is 4.90 Å². The maximum absolute atomic E-state index is 12.6. The predicted molar refractivity (Wildman–Crippen MR) is 82.0 cm³/mol. The minimum absolute atomic E-state index is 0.0453. The van der Waals surface area contributed by atoms with E-state index in [2.05, 4.69) is 12.1 Å². The molecule has 0 fully saturated rings. The third-order valence-electron chi connectivity index (χ3n) is 3.92. The van der Waals surface area contributed by atoms with Gasteiger partial charge in [0.1, 0.15) is 5.75 Å². The highest BCUT2D eigenvalue weighted by Gasteiger charge is 2.20. The summed E-state index contributed by atoms with van der Waals surface area (Å²) >= 11 is 0. The van der Waals surface area contributed by atoms with Crippen molar-refractivity contribution in [3.8, 4) is 5.75 Å². The van der Waals surface area contributed by atoms with Crippen LogP contribution in [0.3, 0.4) is 0 Å². The highest BCUT2D eigenvalue weighted by molar-refractivity contribution is 5.95. The van der Waals surface area contributed by atoms with Gasteiger partial charge in [-0.2, -0.15) is 0 Å². The number of aromatic hydroxyl groups is 1. The lowest BCUT2D eigenvalue weighted by Gasteiger charge is -2.21. The zero-order valence-electron chi connectivity index (χ0n) is 11.7. The zero-order valence-corrected chi connectivity index (χ0v) is 11.7. The molecular weight excluding hydrogens is 264 g/mol. The summed E-state index contributed by atoms with van der Waals surface area (Å²) in [5.74, 6) is -0.113. The van der Waals surface area contributed by atoms with E-state index >= 15 is 0 Å². The molecule has 0 bridgehead atoms. The molecule has 3 N–H and O–H groups in total. The molecule has 0 radical (unpaired) electrons. The smallest absolute Gasteiger partial charge is 0.254 e. The highest BCUT2D eigenvalue weighted by atomic mass is 16.3. The standard InChI is InChI=1S/C17H18N2O2/c18-15-8-7-13(10-16(15)20)17(21)19-9-3-6-12-4-1-2-5-14(12)11-19/h1-2,4-5,7-8,10,20H,3,6,9,11,18H2. The molecule has 1 aliphatic heterocycles. The molecule has 1 amide bonds. The maximum Gasteiger partial charge on any atom is 0.254 e. The molecule has 0 aromatic heterocycles. The minimum Gasteiger partial charge on any atom is -0.506 e. The molecule has 4 nitrogen and oxygen atoms in total. The molecule has 108 valence electrons. The van der Waals surface area contributed by atoms with E-state index in [1.54, 1.807) is 12.1 Å². The number of amides is 1. The van der Waals surface area contributed by atoms with Crippen molar-refractivity contribution in [2.24, 2.45) is 0 Å². The van der Waals surface area contributed by atoms with Crippen LogP contribution in [0.1, 0.15) is 27.9 Å². The van der Waals surface area contributed by atoms with E-state index in [1.807, 2.05) is 17.0 Å². The molecule has 0 saturated carbocycles. The molecule has 3 rings (SSSR count). The van der Waals surface area contributed by atoms with Gasteiger partial charge in [0, 0.05) is 18.7 Å². The summed E-state index contributed by atoms with van der Waals surface area (Å²) in [5.41, 5.74) is 8.85. The number of benzene rings is 2. The van der Waals surface area contributed by atoms with E-state index in [-0.39, 0.29) is 17.3 Å². The quantitative estimate of drug-likeness (QED) is 0.624. The van der Waals surface area contributed by atoms with Gasteiger partial charge in [-0.3, -0.25) is 4.79 Å². The molecular formula is C17H18N2O2. The molecule has 0 atom stereocenters. The van der Waals surface area contributed by atoms with Gasteiger partial charge in [-0.05, 0) is 42.2 Å². The Kier molecular flexibility index (Phi) is 3.52. The summed E-state index contributed by atoms with van der Waals surface area (Å²) in [5, 5.41) is 9.66. The van der Waals surface area contributed by atoms with E-state index in [0.717, 1.165) is 19.4 Å². The molecule has 0 spiro atoms. The number of carbonyl (C=O) groups is 1. The van der Waals surface area contributed by atoms with Crippen molar-refractivity contribution < 1.29 is 9.90 Å². The van der Waals surface area contributed by atoms with Gasteiger partial charge in [-0.15, -0.1) is 0 Å². The lowest BCUT2D eigenvalue weighted by molar-refractivity contribution is 0.0745. The Morgan fingerprint density at radius 2 is 1.90 bits per heavy atom. The summed E-state index contributed by atoms with van der Waals surface area (Å²) in [6.07, 6.45) is 1.94. The van der Waals surface area contributed by atoms with Crippen LogP contribution in [0.15, 0.2) is 42.5 Å². The fraction of sp³-hybridized carbons (Fsp3) is 0.235. The lowest BCUT2D eigenvalue weighted by atomic mass is 10.0. The SMILES string of the molecule is Nc1ccc(C(=O)N2CCCc3ccccc3C2)cc1O. The lowest BCUT2D eigenvalue weighted by Crippen LogP contribution is -2.30. The zero-order chi connectivity index (χ0) is 14.8. The fourth-order valence-electron chi connectivity index (χ4n) is 2.73. The topological polar surface area (TPSA) is 66.6 Å². The Bertz CT molecular complexity index is 682. The van der Waals surface area contributed by atoms with Crippen LogP contribution in [0, 0.1) is 0 Å². The summed E-state index contributed by atoms with van der Waals surface area (Å²) < 4.78 is 0. The van der Waals surface area contributed by atoms with Crippen LogP contribution < -0.4 is 5.73 Å². The number of aryl methyl sites for hydroxylation is 1. The van der Waals surface area contributed by atoms with E-state index < -0.39 is 0 Å². The number of fused-ring (bicyclic) bond motifs is 1. The molecule has 0 unspecified atom stereocenters. The molecule has 1 heterocycles. The number of rotatable bonds is 1. The Morgan fingerprint density at radius 1 is 1.14 bits per heavy atom. The number of nitrogens with zero attached hydrogens (tertiary/aromatic N) is 1. The number of carbonyl (C=O) groups excluding carboxylic acids is 1. The molecule has 1 aliphatic rings. The van der Waals surface area contributed by atoms with Crippen LogP contribution in [0.2, 0.25) is 0 Å². The van der Waals surface area contributed by atoms with Crippen molar-refractivity contribution in [2.75, 3.05) is 12.3 Å². The number of nitrogens with two attached hydrogens (primary N) is 1. The first-order chi connectivity index (χ1) is 10.1. The normalized spacial score (nSPS) is 14.4. The van der Waals surface area contributed by atoms with Crippen LogP contribution >= 0.6 is 0 Å². The van der Waals surface area contributed by atoms with Gasteiger partial charge in [0.05, 0.1) is 5.69 Å². The average Bonchev–Trinajstić information content (AvgIpc) is 2.71. The van der Waals surface area contributed by atoms with Gasteiger partial charge in [0.15, 0.2) is 0 Å². The number of anilines is 1. The second-order valence-electron chi connectivity index (χ2n) is 5.37. The Labute approximate surface area is 123 Å². The van der Waals surface area contributed by atoms with Crippen molar-refractivity contribution in [3.05, 3.63) is 59.2 Å². The van der Waals surface area contributed by atoms with Crippen molar-refractivity contribution >= 4 is 11.6 Å². The Morgan fingerprint density at radius 3 is 2.67 bits per heavy atom. The van der Waals surface area contributed by atoms with Gasteiger partial charge in [0.25, 0.3) is 5.91 Å². The third kappa shape index (κ3) is 2.70. The van der Waals surface area contributed by atoms with Crippen LogP contribution in [-0.4, -0.2) is 22.5 Å². The summed E-state index contributed by atoms with van der Waals surface area (Å²) in [6, 6.07) is 12.9. The Hall–Kier alpha value is -2.49. The number of phenolic OH excluding ortho intramolecular Hbond substituents is 1. The second-order valence-corrected chi connectivity index (χ2v) is 5.37. The number of phenols is 1. The first kappa shape index (κ1) is 13.5. The van der Waals surface area contributed by atoms with Crippen LogP contribution in [0.5, 0.6) is 5.75 Å². The number of nitrogen functional groups attached to an aromatic ring is 1. The predicted octanol–water partition coefficient (Wildman–Crippen LogP) is 2.56. The molecule has 0 aliphatic carbocycles. The average molecular weight is 282 g/mol. The first-order valence-electron chi connectivity index (χ1n) is 7.09. The molecule has 21 heavy (non-hydrogen) atoms. The van der Waals surface area contributed by atoms with Crippen LogP contribution in [-0.2, 0) is 13.0 Å². The van der Waals surface area contributed by atoms with E-state index in [9.17, 15) is 9.90 Å². The van der Waals surface area contributed by atoms with E-state index in [0.29, 0.717) is 12.1 Å².